The molecular weight excluding hydrogens is 290 g/mol. The Morgan fingerprint density at radius 2 is 2.04 bits per heavy atom. The summed E-state index contributed by atoms with van der Waals surface area (Å²) in [6.07, 6.45) is 3.70. The number of ether oxygens (including phenoxy) is 2. The smallest absolute Gasteiger partial charge is 0.193 e. The summed E-state index contributed by atoms with van der Waals surface area (Å²) in [5, 5.41) is 3.39. The molecule has 0 unspecified atom stereocenters. The van der Waals surface area contributed by atoms with Gasteiger partial charge in [0.25, 0.3) is 0 Å². The molecule has 0 spiro atoms. The zero-order valence-electron chi connectivity index (χ0n) is 14.5. The van der Waals surface area contributed by atoms with Crippen molar-refractivity contribution in [2.75, 3.05) is 41.0 Å². The summed E-state index contributed by atoms with van der Waals surface area (Å²) >= 11 is 0. The number of guanidine groups is 1. The third-order valence-electron chi connectivity index (χ3n) is 3.95. The van der Waals surface area contributed by atoms with E-state index in [1.807, 2.05) is 26.2 Å². The third kappa shape index (κ3) is 6.48. The molecule has 0 heterocycles. The van der Waals surface area contributed by atoms with Gasteiger partial charge in [0.1, 0.15) is 5.75 Å². The lowest BCUT2D eigenvalue weighted by Gasteiger charge is -2.22. The van der Waals surface area contributed by atoms with Gasteiger partial charge in [-0.1, -0.05) is 12.1 Å². The lowest BCUT2D eigenvalue weighted by Crippen LogP contribution is -2.39. The molecule has 0 radical (unpaired) electrons. The monoisotopic (exact) mass is 319 g/mol. The SMILES string of the molecule is CN=C(NCCCOCC1CC1)N(C)Cc1ccc(OC)cc1. The predicted octanol–water partition coefficient (Wildman–Crippen LogP) is 2.52. The van der Waals surface area contributed by atoms with Crippen LogP contribution in [0.25, 0.3) is 0 Å². The molecule has 1 fully saturated rings. The number of nitrogens with zero attached hydrogens (tertiary/aromatic N) is 2. The molecular formula is C18H29N3O2. The fourth-order valence-corrected chi connectivity index (χ4v) is 2.37. The molecule has 1 aliphatic rings. The average Bonchev–Trinajstić information content (AvgIpc) is 3.39. The largest absolute Gasteiger partial charge is 0.497 e. The Bertz CT molecular complexity index is 484. The first-order valence-corrected chi connectivity index (χ1v) is 8.35. The van der Waals surface area contributed by atoms with Crippen molar-refractivity contribution in [1.82, 2.24) is 10.2 Å². The first-order chi connectivity index (χ1) is 11.2. The van der Waals surface area contributed by atoms with Gasteiger partial charge in [0.05, 0.1) is 7.11 Å². The molecule has 1 N–H and O–H groups in total. The van der Waals surface area contributed by atoms with Gasteiger partial charge < -0.3 is 19.7 Å². The number of hydrogen-bond acceptors (Lipinski definition) is 3. The molecule has 2 rings (SSSR count). The van der Waals surface area contributed by atoms with Crippen molar-refractivity contribution in [3.05, 3.63) is 29.8 Å². The Kier molecular flexibility index (Phi) is 7.20. The van der Waals surface area contributed by atoms with E-state index >= 15 is 0 Å². The Morgan fingerprint density at radius 3 is 2.65 bits per heavy atom. The fraction of sp³-hybridized carbons (Fsp3) is 0.611. The highest BCUT2D eigenvalue weighted by Gasteiger charge is 2.20. The number of benzene rings is 1. The number of aliphatic imine (C=N–C) groups is 1. The Labute approximate surface area is 139 Å². The Hall–Kier alpha value is -1.75. The van der Waals surface area contributed by atoms with Crippen LogP contribution in [0.2, 0.25) is 0 Å². The number of nitrogens with one attached hydrogen (secondary N) is 1. The molecule has 0 amide bonds. The van der Waals surface area contributed by atoms with E-state index < -0.39 is 0 Å². The van der Waals surface area contributed by atoms with Crippen molar-refractivity contribution in [2.24, 2.45) is 10.9 Å². The molecule has 0 aliphatic heterocycles. The van der Waals surface area contributed by atoms with Gasteiger partial charge in [-0.2, -0.15) is 0 Å². The first-order valence-electron chi connectivity index (χ1n) is 8.35. The minimum Gasteiger partial charge on any atom is -0.497 e. The minimum absolute atomic E-state index is 0.807. The summed E-state index contributed by atoms with van der Waals surface area (Å²) in [6.45, 7) is 3.45. The van der Waals surface area contributed by atoms with Crippen molar-refractivity contribution in [2.45, 2.75) is 25.8 Å². The zero-order valence-corrected chi connectivity index (χ0v) is 14.5. The number of hydrogen-bond donors (Lipinski definition) is 1. The highest BCUT2D eigenvalue weighted by molar-refractivity contribution is 5.79. The van der Waals surface area contributed by atoms with Crippen LogP contribution in [0, 0.1) is 5.92 Å². The summed E-state index contributed by atoms with van der Waals surface area (Å²) in [7, 11) is 5.54. The standard InChI is InChI=1S/C18H29N3O2/c1-19-18(20-11-4-12-23-14-16-5-6-16)21(2)13-15-7-9-17(22-3)10-8-15/h7-10,16H,4-6,11-14H2,1-3H3,(H,19,20). The number of methoxy groups -OCH3 is 1. The van der Waals surface area contributed by atoms with Crippen LogP contribution in [-0.4, -0.2) is 51.8 Å². The topological polar surface area (TPSA) is 46.1 Å². The fourth-order valence-electron chi connectivity index (χ4n) is 2.37. The zero-order chi connectivity index (χ0) is 16.5. The van der Waals surface area contributed by atoms with E-state index in [0.29, 0.717) is 0 Å². The van der Waals surface area contributed by atoms with Gasteiger partial charge in [-0.05, 0) is 42.9 Å². The van der Waals surface area contributed by atoms with Crippen LogP contribution in [0.1, 0.15) is 24.8 Å². The molecule has 128 valence electrons. The van der Waals surface area contributed by atoms with Gasteiger partial charge in [-0.15, -0.1) is 0 Å². The lowest BCUT2D eigenvalue weighted by atomic mass is 10.2. The summed E-state index contributed by atoms with van der Waals surface area (Å²) < 4.78 is 10.8. The molecule has 1 aromatic carbocycles. The maximum atomic E-state index is 5.65. The van der Waals surface area contributed by atoms with E-state index in [1.165, 1.54) is 18.4 Å². The quantitative estimate of drug-likeness (QED) is 0.432. The Morgan fingerprint density at radius 1 is 1.30 bits per heavy atom. The second kappa shape index (κ2) is 9.40. The predicted molar refractivity (Wildman–Crippen MR) is 94.0 cm³/mol. The second-order valence-corrected chi connectivity index (χ2v) is 6.05. The van der Waals surface area contributed by atoms with Gasteiger partial charge >= 0.3 is 0 Å². The average molecular weight is 319 g/mol. The maximum absolute atomic E-state index is 5.65. The lowest BCUT2D eigenvalue weighted by molar-refractivity contribution is 0.122. The molecule has 0 saturated heterocycles. The van der Waals surface area contributed by atoms with Crippen molar-refractivity contribution >= 4 is 5.96 Å². The molecule has 1 aliphatic carbocycles. The van der Waals surface area contributed by atoms with Gasteiger partial charge in [0.2, 0.25) is 0 Å². The molecule has 23 heavy (non-hydrogen) atoms. The van der Waals surface area contributed by atoms with Gasteiger partial charge in [-0.25, -0.2) is 0 Å². The van der Waals surface area contributed by atoms with Crippen LogP contribution in [-0.2, 0) is 11.3 Å². The molecule has 1 saturated carbocycles. The van der Waals surface area contributed by atoms with Gasteiger partial charge in [0, 0.05) is 40.4 Å². The normalized spacial score (nSPS) is 14.7. The van der Waals surface area contributed by atoms with Crippen LogP contribution in [0.4, 0.5) is 0 Å². The van der Waals surface area contributed by atoms with E-state index in [0.717, 1.165) is 50.4 Å². The van der Waals surface area contributed by atoms with Crippen molar-refractivity contribution in [3.63, 3.8) is 0 Å². The van der Waals surface area contributed by atoms with E-state index in [1.54, 1.807) is 7.11 Å². The summed E-state index contributed by atoms with van der Waals surface area (Å²) in [4.78, 5) is 6.46. The van der Waals surface area contributed by atoms with Crippen molar-refractivity contribution in [3.8, 4) is 5.75 Å². The molecule has 5 heteroatoms. The van der Waals surface area contributed by atoms with Crippen LogP contribution in [0.15, 0.2) is 29.3 Å². The van der Waals surface area contributed by atoms with E-state index in [9.17, 15) is 0 Å². The molecule has 5 nitrogen and oxygen atoms in total. The van der Waals surface area contributed by atoms with Crippen LogP contribution < -0.4 is 10.1 Å². The molecule has 0 aromatic heterocycles. The van der Waals surface area contributed by atoms with Gasteiger partial charge in [-0.3, -0.25) is 4.99 Å². The summed E-state index contributed by atoms with van der Waals surface area (Å²) in [5.41, 5.74) is 1.23. The third-order valence-corrected chi connectivity index (χ3v) is 3.95. The van der Waals surface area contributed by atoms with Crippen LogP contribution in [0.5, 0.6) is 5.75 Å². The minimum atomic E-state index is 0.807. The van der Waals surface area contributed by atoms with Gasteiger partial charge in [0.15, 0.2) is 5.96 Å². The van der Waals surface area contributed by atoms with Crippen LogP contribution in [0.3, 0.4) is 0 Å². The summed E-state index contributed by atoms with van der Waals surface area (Å²) in [6, 6.07) is 8.12. The van der Waals surface area contributed by atoms with Crippen LogP contribution >= 0.6 is 0 Å². The maximum Gasteiger partial charge on any atom is 0.193 e. The molecule has 0 atom stereocenters. The molecule has 1 aromatic rings. The van der Waals surface area contributed by atoms with E-state index in [-0.39, 0.29) is 0 Å². The van der Waals surface area contributed by atoms with E-state index in [2.05, 4.69) is 27.3 Å². The summed E-state index contributed by atoms with van der Waals surface area (Å²) in [5.74, 6) is 2.62. The van der Waals surface area contributed by atoms with Crippen molar-refractivity contribution < 1.29 is 9.47 Å². The van der Waals surface area contributed by atoms with E-state index in [4.69, 9.17) is 9.47 Å². The molecule has 0 bridgehead atoms. The second-order valence-electron chi connectivity index (χ2n) is 6.05. The van der Waals surface area contributed by atoms with Crippen molar-refractivity contribution in [1.29, 1.82) is 0 Å². The Balaban J connectivity index is 1.66. The first kappa shape index (κ1) is 17.6. The number of rotatable bonds is 9. The highest BCUT2D eigenvalue weighted by Crippen LogP contribution is 2.28. The highest BCUT2D eigenvalue weighted by atomic mass is 16.5.